The maximum absolute atomic E-state index is 10.2. The van der Waals surface area contributed by atoms with Gasteiger partial charge in [-0.3, -0.25) is 21.4 Å². The van der Waals surface area contributed by atoms with E-state index in [0.29, 0.717) is 5.75 Å². The summed E-state index contributed by atoms with van der Waals surface area (Å²) in [7, 11) is 0. The highest BCUT2D eigenvalue weighted by atomic mass is 32.2. The van der Waals surface area contributed by atoms with Gasteiger partial charge in [0.2, 0.25) is 0 Å². The molecule has 0 amide bonds. The lowest BCUT2D eigenvalue weighted by atomic mass is 10.3. The molecule has 0 spiro atoms. The average molecular weight is 119 g/mol. The van der Waals surface area contributed by atoms with E-state index in [2.05, 4.69) is 0 Å². The number of rotatable bonds is 0. The van der Waals surface area contributed by atoms with Crippen LogP contribution in [0.5, 0.6) is 0 Å². The van der Waals surface area contributed by atoms with Crippen LogP contribution in [0.2, 0.25) is 0 Å². The summed E-state index contributed by atoms with van der Waals surface area (Å²) >= 11 is -0.624. The third kappa shape index (κ3) is 1.03. The highest BCUT2D eigenvalue weighted by molar-refractivity contribution is 8.15. The second-order valence-corrected chi connectivity index (χ2v) is 3.27. The first kappa shape index (κ1) is 4.84. The van der Waals surface area contributed by atoms with Crippen LogP contribution in [0.15, 0.2) is 0 Å². The number of carbonyl (C=O) groups is 2. The van der Waals surface area contributed by atoms with E-state index in [1.165, 1.54) is 6.42 Å². The Hall–Kier alpha value is -0.310. The van der Waals surface area contributed by atoms with Gasteiger partial charge < -0.3 is 0 Å². The van der Waals surface area contributed by atoms with E-state index in [1.54, 1.807) is 0 Å². The molecule has 2 nitrogen and oxygen atoms in total. The monoisotopic (exact) mass is 119 g/mol. The molecule has 0 aromatic rings. The number of Topliss-reactive ketones (excluding diaryl/α,β-unsaturated/α-hetero) is 1. The molecule has 1 heterocycles. The highest BCUT2D eigenvalue weighted by Gasteiger charge is 2.15. The summed E-state index contributed by atoms with van der Waals surface area (Å²) < 4.78 is 0. The third-order valence-corrected chi connectivity index (χ3v) is 2.38. The van der Waals surface area contributed by atoms with Gasteiger partial charge in [0.15, 0.2) is 10.9 Å². The molecule has 1 aliphatic heterocycles. The topological polar surface area (TPSA) is 34.1 Å². The van der Waals surface area contributed by atoms with Crippen LogP contribution in [0, 0.1) is 6.42 Å². The van der Waals surface area contributed by atoms with Crippen LogP contribution in [0.4, 0.5) is 0 Å². The Bertz CT molecular complexity index is 105. The zero-order valence-corrected chi connectivity index (χ0v) is 5.22. The van der Waals surface area contributed by atoms with Crippen molar-refractivity contribution < 1.29 is 9.59 Å². The van der Waals surface area contributed by atoms with Crippen LogP contribution in [-0.2, 0) is 9.59 Å². The average Bonchev–Trinajstić information content (AvgIpc) is 1.87. The maximum Gasteiger partial charge on any atom is 0.163 e. The second-order valence-electron chi connectivity index (χ2n) is 1.58. The molecule has 3 heteroatoms. The van der Waals surface area contributed by atoms with Gasteiger partial charge in [0.05, 0.1) is 0 Å². The zero-order valence-electron chi connectivity index (χ0n) is 3.81. The van der Waals surface area contributed by atoms with Crippen molar-refractivity contribution in [3.63, 3.8) is 0 Å². The van der Waals surface area contributed by atoms with Gasteiger partial charge in [-0.1, -0.05) is 0 Å². The predicted molar refractivity (Wildman–Crippen MR) is 32.4 cm³/mol. The lowest BCUT2D eigenvalue weighted by molar-refractivity contribution is -0.115. The fourth-order valence-electron chi connectivity index (χ4n) is 0.570. The van der Waals surface area contributed by atoms with Gasteiger partial charge >= 0.3 is 0 Å². The fourth-order valence-corrected chi connectivity index (χ4v) is 1.58. The lowest BCUT2D eigenvalue weighted by Crippen LogP contribution is -1.92. The minimum absolute atomic E-state index is 0.0386. The minimum Gasteiger partial charge on any atom is -0.298 e. The van der Waals surface area contributed by atoms with Gasteiger partial charge in [-0.2, -0.15) is 0 Å². The molecular formula is C4H7O2S. The molecule has 0 unspecified atom stereocenters. The van der Waals surface area contributed by atoms with Crippen LogP contribution >= 0.6 is 11.8 Å². The van der Waals surface area contributed by atoms with Crippen LogP contribution in [0.25, 0.3) is 0 Å². The second kappa shape index (κ2) is 1.66. The van der Waals surface area contributed by atoms with E-state index >= 15 is 0 Å². The van der Waals surface area contributed by atoms with E-state index < -0.39 is 11.8 Å². The van der Waals surface area contributed by atoms with Gasteiger partial charge in [0.25, 0.3) is 0 Å². The SMILES string of the molecule is O=C1[CH]C(=O)[SH4]C1. The Morgan fingerprint density at radius 2 is 2.29 bits per heavy atom. The molecule has 0 saturated carbocycles. The molecule has 1 aliphatic rings. The first-order valence-corrected chi connectivity index (χ1v) is 3.90. The Morgan fingerprint density at radius 1 is 1.57 bits per heavy atom. The van der Waals surface area contributed by atoms with Crippen molar-refractivity contribution in [2.45, 2.75) is 0 Å². The minimum atomic E-state index is -0.624. The van der Waals surface area contributed by atoms with Gasteiger partial charge in [0.1, 0.15) is 6.42 Å². The summed E-state index contributed by atoms with van der Waals surface area (Å²) in [4.78, 5) is 20.5. The van der Waals surface area contributed by atoms with Gasteiger partial charge in [-0.15, -0.1) is 0 Å². The number of hydrogen-bond donors (Lipinski definition) is 0. The smallest absolute Gasteiger partial charge is 0.163 e. The van der Waals surface area contributed by atoms with Crippen molar-refractivity contribution in [1.29, 1.82) is 0 Å². The lowest BCUT2D eigenvalue weighted by Gasteiger charge is -1.77. The number of hydrogen-bond acceptors (Lipinski definition) is 2. The largest absolute Gasteiger partial charge is 0.298 e. The van der Waals surface area contributed by atoms with Crippen LogP contribution in [0.1, 0.15) is 0 Å². The zero-order chi connectivity index (χ0) is 5.28. The van der Waals surface area contributed by atoms with Gasteiger partial charge in [-0.25, -0.2) is 0 Å². The Kier molecular flexibility index (Phi) is 1.15. The summed E-state index contributed by atoms with van der Waals surface area (Å²) in [5, 5.41) is 0.116. The van der Waals surface area contributed by atoms with Crippen LogP contribution < -0.4 is 0 Å². The molecule has 1 saturated heterocycles. The van der Waals surface area contributed by atoms with Crippen molar-refractivity contribution in [2.24, 2.45) is 0 Å². The Balaban J connectivity index is 2.55. The third-order valence-electron chi connectivity index (χ3n) is 0.940. The molecule has 0 aliphatic carbocycles. The molecule has 0 aromatic heterocycles. The van der Waals surface area contributed by atoms with Crippen LogP contribution in [0.3, 0.4) is 0 Å². The maximum atomic E-state index is 10.2. The summed E-state index contributed by atoms with van der Waals surface area (Å²) in [6, 6.07) is 0. The molecule has 1 radical (unpaired) electrons. The number of carbonyl (C=O) groups excluding carboxylic acids is 2. The Labute approximate surface area is 45.3 Å². The summed E-state index contributed by atoms with van der Waals surface area (Å²) in [5.74, 6) is 0.607. The van der Waals surface area contributed by atoms with E-state index in [9.17, 15) is 9.59 Å². The first-order chi connectivity index (χ1) is 3.29. The normalized spacial score (nSPS) is 22.3. The standard InChI is InChI=1S/C4H7O2S/c5-3-1-4(6)7-2-3/h1H,2H2,7H4. The van der Waals surface area contributed by atoms with Gasteiger partial charge in [-0.05, 0) is 0 Å². The number of ketones is 1. The molecule has 0 bridgehead atoms. The van der Waals surface area contributed by atoms with Crippen molar-refractivity contribution >= 4 is 22.7 Å². The van der Waals surface area contributed by atoms with Crippen molar-refractivity contribution in [1.82, 2.24) is 0 Å². The van der Waals surface area contributed by atoms with E-state index in [0.717, 1.165) is 0 Å². The first-order valence-electron chi connectivity index (χ1n) is 2.19. The molecule has 0 aromatic carbocycles. The summed E-state index contributed by atoms with van der Waals surface area (Å²) in [6.07, 6.45) is 1.23. The molecule has 0 N–H and O–H groups in total. The van der Waals surface area contributed by atoms with E-state index in [4.69, 9.17) is 0 Å². The molecular weight excluding hydrogens is 112 g/mol. The molecule has 1 fully saturated rings. The molecule has 7 heavy (non-hydrogen) atoms. The van der Waals surface area contributed by atoms with E-state index in [-0.39, 0.29) is 10.9 Å². The van der Waals surface area contributed by atoms with E-state index in [1.807, 2.05) is 0 Å². The highest BCUT2D eigenvalue weighted by Crippen LogP contribution is 2.13. The van der Waals surface area contributed by atoms with Crippen molar-refractivity contribution in [3.8, 4) is 0 Å². The molecule has 41 valence electrons. The van der Waals surface area contributed by atoms with Crippen molar-refractivity contribution in [3.05, 3.63) is 6.42 Å². The quantitative estimate of drug-likeness (QED) is 0.408. The Morgan fingerprint density at radius 3 is 2.43 bits per heavy atom. The molecule has 0 atom stereocenters. The van der Waals surface area contributed by atoms with Crippen LogP contribution in [-0.4, -0.2) is 16.7 Å². The predicted octanol–water partition coefficient (Wildman–Crippen LogP) is -1.04. The van der Waals surface area contributed by atoms with Crippen molar-refractivity contribution in [2.75, 3.05) is 5.75 Å². The van der Waals surface area contributed by atoms with Gasteiger partial charge in [0, 0.05) is 5.75 Å². The summed E-state index contributed by atoms with van der Waals surface area (Å²) in [6.45, 7) is 0. The molecule has 1 rings (SSSR count). The summed E-state index contributed by atoms with van der Waals surface area (Å²) in [5.41, 5.74) is 0. The fraction of sp³-hybridized carbons (Fsp3) is 0.250.